The van der Waals surface area contributed by atoms with Crippen LogP contribution < -0.4 is 0 Å². The van der Waals surface area contributed by atoms with Crippen LogP contribution in [0.1, 0.15) is 0 Å². The second kappa shape index (κ2) is 3.04. The Morgan fingerprint density at radius 2 is 1.38 bits per heavy atom. The number of carbonyl (C=O) groups is 2. The second-order valence-electron chi connectivity index (χ2n) is 2.13. The maximum atomic E-state index is 12.7. The molecule has 13 heavy (non-hydrogen) atoms. The minimum atomic E-state index is -2.02. The van der Waals surface area contributed by atoms with Gasteiger partial charge in [-0.25, -0.2) is 0 Å². The number of carbonyl (C=O) groups excluding carboxylic acids is 2. The van der Waals surface area contributed by atoms with Crippen LogP contribution in [-0.4, -0.2) is 18.7 Å². The number of hydrogen-bond donors (Lipinski definition) is 0. The molecule has 0 aromatic carbocycles. The van der Waals surface area contributed by atoms with Crippen molar-refractivity contribution in [3.8, 4) is 0 Å². The van der Waals surface area contributed by atoms with Gasteiger partial charge in [-0.2, -0.15) is 13.2 Å². The van der Waals surface area contributed by atoms with Crippen LogP contribution in [0.3, 0.4) is 0 Å². The summed E-state index contributed by atoms with van der Waals surface area (Å²) in [5.41, 5.74) is 0. The monoisotopic (exact) mass is 192 g/mol. The number of ether oxygens (including phenoxy) is 1. The zero-order valence-electron chi connectivity index (χ0n) is 6.36. The third-order valence-electron chi connectivity index (χ3n) is 1.40. The van der Waals surface area contributed by atoms with E-state index < -0.39 is 34.8 Å². The molecule has 3 nitrogen and oxygen atoms in total. The summed E-state index contributed by atoms with van der Waals surface area (Å²) < 4.78 is 41.6. The lowest BCUT2D eigenvalue weighted by molar-refractivity contribution is -0.122. The van der Waals surface area contributed by atoms with Crippen molar-refractivity contribution < 1.29 is 27.5 Å². The number of halogens is 3. The number of methoxy groups -OCH3 is 1. The van der Waals surface area contributed by atoms with Gasteiger partial charge in [0.2, 0.25) is 23.2 Å². The molecule has 0 fully saturated rings. The van der Waals surface area contributed by atoms with Gasteiger partial charge in [0.15, 0.2) is 0 Å². The minimum Gasteiger partial charge on any atom is -0.490 e. The molecular formula is C7H3F3O3. The number of allylic oxidation sites excluding steroid dienone is 3. The Kier molecular flexibility index (Phi) is 2.22. The Labute approximate surface area is 70.5 Å². The fourth-order valence-electron chi connectivity index (χ4n) is 0.780. The van der Waals surface area contributed by atoms with Crippen molar-refractivity contribution in [1.82, 2.24) is 0 Å². The highest BCUT2D eigenvalue weighted by molar-refractivity contribution is 6.21. The summed E-state index contributed by atoms with van der Waals surface area (Å²) in [6.45, 7) is 0. The Morgan fingerprint density at radius 3 is 1.85 bits per heavy atom. The lowest BCUT2D eigenvalue weighted by atomic mass is 10.1. The van der Waals surface area contributed by atoms with Crippen molar-refractivity contribution in [2.75, 3.05) is 7.11 Å². The molecule has 0 aromatic heterocycles. The zero-order valence-corrected chi connectivity index (χ0v) is 6.36. The van der Waals surface area contributed by atoms with E-state index in [0.29, 0.717) is 0 Å². The van der Waals surface area contributed by atoms with Crippen molar-refractivity contribution in [2.45, 2.75) is 0 Å². The van der Waals surface area contributed by atoms with Crippen molar-refractivity contribution in [2.24, 2.45) is 0 Å². The van der Waals surface area contributed by atoms with E-state index in [1.54, 1.807) is 0 Å². The molecular weight excluding hydrogens is 189 g/mol. The molecule has 6 heteroatoms. The van der Waals surface area contributed by atoms with E-state index in [4.69, 9.17) is 0 Å². The third kappa shape index (κ3) is 1.24. The van der Waals surface area contributed by atoms with Crippen LogP contribution in [0.15, 0.2) is 23.2 Å². The van der Waals surface area contributed by atoms with Gasteiger partial charge in [-0.15, -0.1) is 0 Å². The normalized spacial score (nSPS) is 18.5. The fraction of sp³-hybridized carbons (Fsp3) is 0.143. The fourth-order valence-corrected chi connectivity index (χ4v) is 0.780. The van der Waals surface area contributed by atoms with E-state index in [2.05, 4.69) is 4.74 Å². The number of Topliss-reactive ketones (excluding diaryl/α,β-unsaturated/α-hetero) is 2. The first-order chi connectivity index (χ1) is 6.00. The summed E-state index contributed by atoms with van der Waals surface area (Å²) in [7, 11) is 0.872. The standard InChI is InChI=1S/C7H3F3O3/c1-13-7-4(10)5(11)2(8)3(9)6(7)12/h1H3. The van der Waals surface area contributed by atoms with Gasteiger partial charge in [-0.05, 0) is 0 Å². The molecule has 0 aliphatic heterocycles. The molecule has 1 rings (SSSR count). The molecule has 0 saturated carbocycles. The van der Waals surface area contributed by atoms with Crippen LogP contribution in [0.5, 0.6) is 0 Å². The van der Waals surface area contributed by atoms with Crippen molar-refractivity contribution >= 4 is 11.6 Å². The zero-order chi connectivity index (χ0) is 10.2. The molecule has 1 aliphatic carbocycles. The summed E-state index contributed by atoms with van der Waals surface area (Å²) >= 11 is 0. The Hall–Kier alpha value is -1.59. The first-order valence-electron chi connectivity index (χ1n) is 3.09. The predicted molar refractivity (Wildman–Crippen MR) is 34.4 cm³/mol. The van der Waals surface area contributed by atoms with Gasteiger partial charge in [0.05, 0.1) is 7.11 Å². The molecule has 0 spiro atoms. The lowest BCUT2D eigenvalue weighted by Crippen LogP contribution is -2.19. The van der Waals surface area contributed by atoms with E-state index in [1.165, 1.54) is 0 Å². The molecule has 0 bridgehead atoms. The first kappa shape index (κ1) is 9.50. The Morgan fingerprint density at radius 1 is 0.923 bits per heavy atom. The van der Waals surface area contributed by atoms with E-state index in [1.807, 2.05) is 0 Å². The van der Waals surface area contributed by atoms with Crippen LogP contribution in [0.25, 0.3) is 0 Å². The molecule has 0 amide bonds. The third-order valence-corrected chi connectivity index (χ3v) is 1.40. The molecule has 0 radical (unpaired) electrons. The summed E-state index contributed by atoms with van der Waals surface area (Å²) in [6.07, 6.45) is 0. The topological polar surface area (TPSA) is 43.4 Å². The van der Waals surface area contributed by atoms with Gasteiger partial charge in [0, 0.05) is 0 Å². The SMILES string of the molecule is COC1=C(F)C(=O)C(F)=C(F)C1=O. The van der Waals surface area contributed by atoms with Crippen molar-refractivity contribution in [3.05, 3.63) is 23.2 Å². The van der Waals surface area contributed by atoms with Crippen LogP contribution in [0.4, 0.5) is 13.2 Å². The molecule has 0 aromatic rings. The highest BCUT2D eigenvalue weighted by atomic mass is 19.2. The molecule has 70 valence electrons. The van der Waals surface area contributed by atoms with Crippen molar-refractivity contribution in [1.29, 1.82) is 0 Å². The van der Waals surface area contributed by atoms with Gasteiger partial charge in [0.25, 0.3) is 11.6 Å². The Balaban J connectivity index is 3.29. The number of rotatable bonds is 1. The van der Waals surface area contributed by atoms with Gasteiger partial charge < -0.3 is 4.74 Å². The Bertz CT molecular complexity index is 354. The van der Waals surface area contributed by atoms with Crippen molar-refractivity contribution in [3.63, 3.8) is 0 Å². The first-order valence-corrected chi connectivity index (χ1v) is 3.09. The highest BCUT2D eigenvalue weighted by Gasteiger charge is 2.37. The molecule has 1 aliphatic rings. The maximum Gasteiger partial charge on any atom is 0.262 e. The van der Waals surface area contributed by atoms with Gasteiger partial charge in [-0.1, -0.05) is 0 Å². The average Bonchev–Trinajstić information content (AvgIpc) is 2.13. The molecule has 0 unspecified atom stereocenters. The summed E-state index contributed by atoms with van der Waals surface area (Å²) in [5, 5.41) is 0. The predicted octanol–water partition coefficient (Wildman–Crippen LogP) is 1.12. The number of hydrogen-bond acceptors (Lipinski definition) is 3. The average molecular weight is 192 g/mol. The largest absolute Gasteiger partial charge is 0.490 e. The minimum absolute atomic E-state index is 0.872. The summed E-state index contributed by atoms with van der Waals surface area (Å²) in [5.74, 6) is -10.2. The maximum absolute atomic E-state index is 12.7. The molecule has 0 atom stereocenters. The van der Waals surface area contributed by atoms with Crippen LogP contribution in [0.2, 0.25) is 0 Å². The van der Waals surface area contributed by atoms with Crippen LogP contribution >= 0.6 is 0 Å². The smallest absolute Gasteiger partial charge is 0.262 e. The second-order valence-corrected chi connectivity index (χ2v) is 2.13. The van der Waals surface area contributed by atoms with Crippen LogP contribution in [0, 0.1) is 0 Å². The molecule has 0 saturated heterocycles. The number of ketones is 2. The lowest BCUT2D eigenvalue weighted by Gasteiger charge is -2.09. The van der Waals surface area contributed by atoms with E-state index in [0.717, 1.165) is 7.11 Å². The van der Waals surface area contributed by atoms with E-state index in [-0.39, 0.29) is 0 Å². The van der Waals surface area contributed by atoms with E-state index >= 15 is 0 Å². The molecule has 0 N–H and O–H groups in total. The van der Waals surface area contributed by atoms with Gasteiger partial charge in [-0.3, -0.25) is 9.59 Å². The van der Waals surface area contributed by atoms with Crippen LogP contribution in [-0.2, 0) is 14.3 Å². The van der Waals surface area contributed by atoms with Gasteiger partial charge >= 0.3 is 0 Å². The molecule has 0 heterocycles. The van der Waals surface area contributed by atoms with Gasteiger partial charge in [0.1, 0.15) is 0 Å². The summed E-state index contributed by atoms with van der Waals surface area (Å²) in [6, 6.07) is 0. The quantitative estimate of drug-likeness (QED) is 0.584. The van der Waals surface area contributed by atoms with E-state index in [9.17, 15) is 22.8 Å². The summed E-state index contributed by atoms with van der Waals surface area (Å²) in [4.78, 5) is 21.2. The highest BCUT2D eigenvalue weighted by Crippen LogP contribution is 2.27.